The number of thiazole rings is 1. The van der Waals surface area contributed by atoms with E-state index < -0.39 is 0 Å². The Bertz CT molecular complexity index is 359. The summed E-state index contributed by atoms with van der Waals surface area (Å²) in [5.74, 6) is 0. The van der Waals surface area contributed by atoms with Gasteiger partial charge in [0.05, 0.1) is 12.6 Å². The Morgan fingerprint density at radius 1 is 1.50 bits per heavy atom. The second-order valence-corrected chi connectivity index (χ2v) is 6.72. The summed E-state index contributed by atoms with van der Waals surface area (Å²) in [6.07, 6.45) is 1.95. The van der Waals surface area contributed by atoms with Crippen LogP contribution in [-0.4, -0.2) is 37.3 Å². The molecule has 0 aromatic carbocycles. The lowest BCUT2D eigenvalue weighted by Crippen LogP contribution is -2.34. The highest BCUT2D eigenvalue weighted by molar-refractivity contribution is 7.15. The summed E-state index contributed by atoms with van der Waals surface area (Å²) in [7, 11) is 3.79. The molecule has 1 rings (SSSR count). The van der Waals surface area contributed by atoms with Gasteiger partial charge >= 0.3 is 0 Å². The zero-order valence-corrected chi connectivity index (χ0v) is 13.1. The summed E-state index contributed by atoms with van der Waals surface area (Å²) in [5, 5.41) is 4.52. The summed E-state index contributed by atoms with van der Waals surface area (Å²) >= 11 is 1.73. The number of hydrogen-bond donors (Lipinski definition) is 1. The van der Waals surface area contributed by atoms with Gasteiger partial charge in [0.25, 0.3) is 0 Å². The number of rotatable bonds is 6. The molecule has 0 saturated heterocycles. The van der Waals surface area contributed by atoms with Gasteiger partial charge in [0.15, 0.2) is 5.13 Å². The van der Waals surface area contributed by atoms with Crippen molar-refractivity contribution in [3.8, 4) is 0 Å². The summed E-state index contributed by atoms with van der Waals surface area (Å²) in [5.41, 5.74) is 0.138. The highest BCUT2D eigenvalue weighted by atomic mass is 32.1. The zero-order chi connectivity index (χ0) is 13.8. The molecule has 1 heterocycles. The first-order valence-corrected chi connectivity index (χ1v) is 7.06. The minimum atomic E-state index is 0.138. The van der Waals surface area contributed by atoms with Crippen molar-refractivity contribution in [3.05, 3.63) is 11.1 Å². The van der Waals surface area contributed by atoms with Crippen LogP contribution in [0.3, 0.4) is 0 Å². The van der Waals surface area contributed by atoms with Gasteiger partial charge in [-0.05, 0) is 27.7 Å². The van der Waals surface area contributed by atoms with Crippen LogP contribution in [0.2, 0.25) is 0 Å². The molecule has 0 aliphatic heterocycles. The van der Waals surface area contributed by atoms with E-state index in [0.717, 1.165) is 11.7 Å². The Labute approximate surface area is 114 Å². The van der Waals surface area contributed by atoms with E-state index in [4.69, 9.17) is 4.74 Å². The predicted octanol–water partition coefficient (Wildman–Crippen LogP) is 2.50. The zero-order valence-electron chi connectivity index (χ0n) is 12.3. The van der Waals surface area contributed by atoms with Crippen molar-refractivity contribution in [2.24, 2.45) is 0 Å². The number of likely N-dealkylation sites (N-methyl/N-ethyl adjacent to an activating group) is 1. The quantitative estimate of drug-likeness (QED) is 0.862. The fraction of sp³-hybridized carbons (Fsp3) is 0.769. The molecule has 0 fully saturated rings. The van der Waals surface area contributed by atoms with E-state index in [1.54, 1.807) is 18.4 Å². The van der Waals surface area contributed by atoms with Crippen LogP contribution in [0, 0.1) is 0 Å². The number of anilines is 1. The van der Waals surface area contributed by atoms with Crippen LogP contribution < -0.4 is 10.2 Å². The van der Waals surface area contributed by atoms with Crippen LogP contribution in [0.4, 0.5) is 5.13 Å². The number of nitrogens with zero attached hydrogens (tertiary/aromatic N) is 2. The molecular weight excluding hydrogens is 246 g/mol. The number of hydrogen-bond acceptors (Lipinski definition) is 5. The summed E-state index contributed by atoms with van der Waals surface area (Å²) < 4.78 is 5.17. The molecule has 1 aromatic rings. The Morgan fingerprint density at radius 2 is 2.17 bits per heavy atom. The summed E-state index contributed by atoms with van der Waals surface area (Å²) in [4.78, 5) is 7.89. The third-order valence-corrected chi connectivity index (χ3v) is 3.79. The van der Waals surface area contributed by atoms with Crippen molar-refractivity contribution in [3.63, 3.8) is 0 Å². The van der Waals surface area contributed by atoms with Crippen LogP contribution in [0.15, 0.2) is 6.20 Å². The number of ether oxygens (including phenoxy) is 1. The molecule has 0 radical (unpaired) electrons. The van der Waals surface area contributed by atoms with Crippen molar-refractivity contribution in [2.75, 3.05) is 25.7 Å². The van der Waals surface area contributed by atoms with E-state index in [1.165, 1.54) is 4.88 Å². The smallest absolute Gasteiger partial charge is 0.185 e. The van der Waals surface area contributed by atoms with Crippen LogP contribution in [0.1, 0.15) is 32.6 Å². The Kier molecular flexibility index (Phi) is 5.56. The normalized spacial score (nSPS) is 13.7. The summed E-state index contributed by atoms with van der Waals surface area (Å²) in [6, 6.07) is 0.338. The lowest BCUT2D eigenvalue weighted by Gasteiger charge is -2.23. The molecule has 0 amide bonds. The average Bonchev–Trinajstić information content (AvgIpc) is 2.73. The van der Waals surface area contributed by atoms with Crippen molar-refractivity contribution in [2.45, 2.75) is 45.8 Å². The Hall–Kier alpha value is -0.650. The Balaban J connectivity index is 2.57. The first kappa shape index (κ1) is 15.4. The number of methoxy groups -OCH3 is 1. The average molecular weight is 271 g/mol. The van der Waals surface area contributed by atoms with E-state index in [1.807, 2.05) is 6.20 Å². The van der Waals surface area contributed by atoms with Crippen LogP contribution in [0.5, 0.6) is 0 Å². The molecule has 0 aliphatic rings. The minimum absolute atomic E-state index is 0.138. The predicted molar refractivity (Wildman–Crippen MR) is 78.4 cm³/mol. The molecule has 5 heteroatoms. The minimum Gasteiger partial charge on any atom is -0.383 e. The van der Waals surface area contributed by atoms with Crippen molar-refractivity contribution >= 4 is 16.5 Å². The molecule has 1 aromatic heterocycles. The summed E-state index contributed by atoms with van der Waals surface area (Å²) in [6.45, 7) is 10.2. The third-order valence-electron chi connectivity index (χ3n) is 2.71. The second-order valence-electron chi connectivity index (χ2n) is 5.63. The highest BCUT2D eigenvalue weighted by Crippen LogP contribution is 2.23. The van der Waals surface area contributed by atoms with Gasteiger partial charge in [-0.15, -0.1) is 11.3 Å². The third kappa shape index (κ3) is 4.92. The standard InChI is InChI=1S/C13H25N3OS/c1-10(9-17-6)16(5)12-14-7-11(18-12)8-15-13(2,3)4/h7,10,15H,8-9H2,1-6H3. The molecule has 1 unspecified atom stereocenters. The van der Waals surface area contributed by atoms with E-state index in [2.05, 4.69) is 49.9 Å². The van der Waals surface area contributed by atoms with Gasteiger partial charge in [-0.2, -0.15) is 0 Å². The topological polar surface area (TPSA) is 37.4 Å². The van der Waals surface area contributed by atoms with E-state index in [-0.39, 0.29) is 5.54 Å². The molecular formula is C13H25N3OS. The molecule has 104 valence electrons. The van der Waals surface area contributed by atoms with Crippen LogP contribution in [0.25, 0.3) is 0 Å². The van der Waals surface area contributed by atoms with Gasteiger partial charge in [0, 0.05) is 37.3 Å². The maximum atomic E-state index is 5.17. The first-order chi connectivity index (χ1) is 8.33. The van der Waals surface area contributed by atoms with E-state index in [9.17, 15) is 0 Å². The lowest BCUT2D eigenvalue weighted by molar-refractivity contribution is 0.183. The lowest BCUT2D eigenvalue weighted by atomic mass is 10.1. The first-order valence-electron chi connectivity index (χ1n) is 6.25. The maximum Gasteiger partial charge on any atom is 0.185 e. The molecule has 0 aliphatic carbocycles. The van der Waals surface area contributed by atoms with Gasteiger partial charge < -0.3 is 15.0 Å². The van der Waals surface area contributed by atoms with Gasteiger partial charge in [-0.1, -0.05) is 0 Å². The van der Waals surface area contributed by atoms with E-state index >= 15 is 0 Å². The van der Waals surface area contributed by atoms with Gasteiger partial charge in [-0.3, -0.25) is 0 Å². The van der Waals surface area contributed by atoms with Gasteiger partial charge in [0.1, 0.15) is 0 Å². The van der Waals surface area contributed by atoms with Crippen molar-refractivity contribution in [1.29, 1.82) is 0 Å². The van der Waals surface area contributed by atoms with Crippen LogP contribution in [-0.2, 0) is 11.3 Å². The molecule has 1 N–H and O–H groups in total. The fourth-order valence-corrected chi connectivity index (χ4v) is 2.35. The monoisotopic (exact) mass is 271 g/mol. The van der Waals surface area contributed by atoms with E-state index in [0.29, 0.717) is 12.6 Å². The largest absolute Gasteiger partial charge is 0.383 e. The molecule has 4 nitrogen and oxygen atoms in total. The second kappa shape index (κ2) is 6.50. The Morgan fingerprint density at radius 3 is 2.72 bits per heavy atom. The molecule has 18 heavy (non-hydrogen) atoms. The fourth-order valence-electron chi connectivity index (χ4n) is 1.44. The number of aromatic nitrogens is 1. The molecule has 0 spiro atoms. The van der Waals surface area contributed by atoms with Crippen molar-refractivity contribution in [1.82, 2.24) is 10.3 Å². The van der Waals surface area contributed by atoms with Gasteiger partial charge in [0.2, 0.25) is 0 Å². The molecule has 0 saturated carbocycles. The van der Waals surface area contributed by atoms with Crippen molar-refractivity contribution < 1.29 is 4.74 Å². The highest BCUT2D eigenvalue weighted by Gasteiger charge is 2.14. The van der Waals surface area contributed by atoms with Crippen LogP contribution >= 0.6 is 11.3 Å². The van der Waals surface area contributed by atoms with Gasteiger partial charge in [-0.25, -0.2) is 4.98 Å². The molecule has 0 bridgehead atoms. The maximum absolute atomic E-state index is 5.17. The molecule has 1 atom stereocenters. The number of nitrogens with one attached hydrogen (secondary N) is 1. The SMILES string of the molecule is COCC(C)N(C)c1ncc(CNC(C)(C)C)s1.